The molecule has 2 aromatic carbocycles. The zero-order valence-corrected chi connectivity index (χ0v) is 26.2. The van der Waals surface area contributed by atoms with Gasteiger partial charge in [0.1, 0.15) is 11.4 Å². The largest absolute Gasteiger partial charge is 0.497 e. The molecule has 2 amide bonds. The van der Waals surface area contributed by atoms with Crippen LogP contribution >= 0.6 is 11.3 Å². The predicted octanol–water partition coefficient (Wildman–Crippen LogP) is 6.77. The number of carbonyl (C=O) groups is 1. The maximum absolute atomic E-state index is 13.2. The number of aryl methyl sites for hydroxylation is 1. The normalized spacial score (nSPS) is 15.6. The topological polar surface area (TPSA) is 110 Å². The summed E-state index contributed by atoms with van der Waals surface area (Å²) >= 11 is 1.41. The highest BCUT2D eigenvalue weighted by molar-refractivity contribution is 7.19. The highest BCUT2D eigenvalue weighted by Gasteiger charge is 2.47. The van der Waals surface area contributed by atoms with Gasteiger partial charge in [-0.25, -0.2) is 9.78 Å². The van der Waals surface area contributed by atoms with E-state index in [1.807, 2.05) is 80.3 Å². The third kappa shape index (κ3) is 6.17. The number of pyridine rings is 1. The molecule has 2 aromatic heterocycles. The first-order chi connectivity index (χ1) is 21.2. The van der Waals surface area contributed by atoms with Gasteiger partial charge in [0.05, 0.1) is 48.2 Å². The maximum atomic E-state index is 13.2. The van der Waals surface area contributed by atoms with Crippen LogP contribution in [0.25, 0.3) is 21.7 Å². The molecular weight excluding hydrogens is 574 g/mol. The van der Waals surface area contributed by atoms with Crippen LogP contribution in [-0.4, -0.2) is 54.3 Å². The molecule has 226 valence electrons. The van der Waals surface area contributed by atoms with Crippen molar-refractivity contribution >= 4 is 22.5 Å². The van der Waals surface area contributed by atoms with E-state index in [1.54, 1.807) is 13.2 Å². The monoisotopic (exact) mass is 609 g/mol. The van der Waals surface area contributed by atoms with Gasteiger partial charge in [0, 0.05) is 36.4 Å². The lowest BCUT2D eigenvalue weighted by Gasteiger charge is -2.46. The average molecular weight is 610 g/mol. The molecule has 1 N–H and O–H groups in total. The SMILES string of the molecule is COc1ccc(COC(C)(C)c2cc(-c3sc(NC(=O)N4CC5(CCOC5)C4)nc3-c3cccc(C#N)c3)cc(C)n2)cc1. The first kappa shape index (κ1) is 29.8. The smallest absolute Gasteiger partial charge is 0.323 e. The zero-order valence-electron chi connectivity index (χ0n) is 25.3. The number of nitrogens with zero attached hydrogens (tertiary/aromatic N) is 4. The Balaban J connectivity index is 1.29. The highest BCUT2D eigenvalue weighted by Crippen LogP contribution is 2.42. The lowest BCUT2D eigenvalue weighted by Crippen LogP contribution is -2.59. The van der Waals surface area contributed by atoms with Crippen LogP contribution in [0.15, 0.2) is 60.7 Å². The summed E-state index contributed by atoms with van der Waals surface area (Å²) in [6.07, 6.45) is 0.988. The van der Waals surface area contributed by atoms with Gasteiger partial charge in [-0.05, 0) is 74.7 Å². The van der Waals surface area contributed by atoms with E-state index in [1.165, 1.54) is 11.3 Å². The Labute approximate surface area is 261 Å². The molecule has 1 spiro atoms. The molecule has 0 bridgehead atoms. The van der Waals surface area contributed by atoms with Crippen molar-refractivity contribution < 1.29 is 19.0 Å². The third-order valence-corrected chi connectivity index (χ3v) is 9.24. The van der Waals surface area contributed by atoms with Crippen molar-refractivity contribution in [2.24, 2.45) is 5.41 Å². The number of ether oxygens (including phenoxy) is 3. The second kappa shape index (κ2) is 12.0. The lowest BCUT2D eigenvalue weighted by atomic mass is 9.79. The summed E-state index contributed by atoms with van der Waals surface area (Å²) in [7, 11) is 1.65. The van der Waals surface area contributed by atoms with E-state index >= 15 is 0 Å². The number of carbonyl (C=O) groups excluding carboxylic acids is 1. The van der Waals surface area contributed by atoms with E-state index in [0.29, 0.717) is 42.7 Å². The van der Waals surface area contributed by atoms with Crippen LogP contribution < -0.4 is 10.1 Å². The number of urea groups is 1. The number of nitrogens with one attached hydrogen (secondary N) is 1. The molecule has 9 nitrogen and oxygen atoms in total. The third-order valence-electron chi connectivity index (χ3n) is 8.22. The zero-order chi connectivity index (χ0) is 30.9. The molecule has 0 aliphatic carbocycles. The van der Waals surface area contributed by atoms with Crippen LogP contribution in [0.2, 0.25) is 0 Å². The molecule has 0 saturated carbocycles. The van der Waals surface area contributed by atoms with Crippen LogP contribution in [-0.2, 0) is 21.7 Å². The summed E-state index contributed by atoms with van der Waals surface area (Å²) in [5, 5.41) is 13.1. The number of nitriles is 1. The van der Waals surface area contributed by atoms with Crippen molar-refractivity contribution in [1.29, 1.82) is 5.26 Å². The first-order valence-corrected chi connectivity index (χ1v) is 15.4. The molecule has 2 fully saturated rings. The van der Waals surface area contributed by atoms with Gasteiger partial charge in [-0.2, -0.15) is 5.26 Å². The van der Waals surface area contributed by atoms with Gasteiger partial charge in [-0.1, -0.05) is 35.6 Å². The predicted molar refractivity (Wildman–Crippen MR) is 170 cm³/mol. The minimum atomic E-state index is -0.694. The van der Waals surface area contributed by atoms with E-state index in [4.69, 9.17) is 24.2 Å². The van der Waals surface area contributed by atoms with Crippen molar-refractivity contribution in [2.75, 3.05) is 38.7 Å². The summed E-state index contributed by atoms with van der Waals surface area (Å²) in [5.74, 6) is 0.798. The second-order valence-corrected chi connectivity index (χ2v) is 13.0. The van der Waals surface area contributed by atoms with Gasteiger partial charge in [-0.3, -0.25) is 10.3 Å². The molecule has 4 heterocycles. The quantitative estimate of drug-likeness (QED) is 0.235. The second-order valence-electron chi connectivity index (χ2n) is 12.0. The number of aromatic nitrogens is 2. The van der Waals surface area contributed by atoms with Crippen molar-refractivity contribution in [3.05, 3.63) is 83.2 Å². The van der Waals surface area contributed by atoms with E-state index < -0.39 is 5.60 Å². The minimum absolute atomic E-state index is 0.0987. The van der Waals surface area contributed by atoms with Crippen molar-refractivity contribution in [2.45, 2.75) is 39.4 Å². The Morgan fingerprint density at radius 3 is 2.64 bits per heavy atom. The van der Waals surface area contributed by atoms with Crippen molar-refractivity contribution in [3.63, 3.8) is 0 Å². The van der Waals surface area contributed by atoms with Crippen LogP contribution in [0, 0.1) is 23.7 Å². The number of hydrogen-bond donors (Lipinski definition) is 1. The van der Waals surface area contributed by atoms with Crippen LogP contribution in [0.4, 0.5) is 9.93 Å². The molecule has 0 atom stereocenters. The van der Waals surface area contributed by atoms with E-state index in [2.05, 4.69) is 11.4 Å². The summed E-state index contributed by atoms with van der Waals surface area (Å²) in [6, 6.07) is 21.3. The van der Waals surface area contributed by atoms with Crippen LogP contribution in [0.1, 0.15) is 42.8 Å². The molecular formula is C34H35N5O4S. The Morgan fingerprint density at radius 2 is 1.93 bits per heavy atom. The van der Waals surface area contributed by atoms with E-state index in [0.717, 1.165) is 51.7 Å². The fraction of sp³-hybridized carbons (Fsp3) is 0.353. The number of anilines is 1. The summed E-state index contributed by atoms with van der Waals surface area (Å²) in [5.41, 5.74) is 4.99. The number of hydrogen-bond acceptors (Lipinski definition) is 8. The maximum Gasteiger partial charge on any atom is 0.323 e. The van der Waals surface area contributed by atoms with E-state index in [-0.39, 0.29) is 11.4 Å². The molecule has 44 heavy (non-hydrogen) atoms. The molecule has 6 rings (SSSR count). The summed E-state index contributed by atoms with van der Waals surface area (Å²) < 4.78 is 17.2. The molecule has 2 saturated heterocycles. The fourth-order valence-electron chi connectivity index (χ4n) is 5.64. The minimum Gasteiger partial charge on any atom is -0.497 e. The Kier molecular flexibility index (Phi) is 8.12. The number of amides is 2. The van der Waals surface area contributed by atoms with Gasteiger partial charge in [0.2, 0.25) is 0 Å². The van der Waals surface area contributed by atoms with Crippen LogP contribution in [0.3, 0.4) is 0 Å². The average Bonchev–Trinajstić information content (AvgIpc) is 3.68. The van der Waals surface area contributed by atoms with E-state index in [9.17, 15) is 10.1 Å². The Morgan fingerprint density at radius 1 is 1.14 bits per heavy atom. The fourth-order valence-corrected chi connectivity index (χ4v) is 6.61. The Bertz CT molecular complexity index is 1710. The van der Waals surface area contributed by atoms with Gasteiger partial charge in [0.25, 0.3) is 0 Å². The number of likely N-dealkylation sites (tertiary alicyclic amines) is 1. The van der Waals surface area contributed by atoms with Gasteiger partial charge >= 0.3 is 6.03 Å². The molecule has 4 aromatic rings. The Hall–Kier alpha value is -4.30. The standard InChI is InChI=1S/C34H35N5O4S/c1-22-14-26(16-28(36-22)33(2,3)43-18-23-8-10-27(41-4)11-9-23)30-29(25-7-5-6-24(15-25)17-35)37-31(44-30)38-32(40)39-19-34(20-39)12-13-42-21-34/h5-11,14-16H,12-13,18-21H2,1-4H3,(H,37,38,40). The highest BCUT2D eigenvalue weighted by atomic mass is 32.1. The van der Waals surface area contributed by atoms with Gasteiger partial charge < -0.3 is 19.1 Å². The molecule has 0 unspecified atom stereocenters. The molecule has 2 aliphatic heterocycles. The van der Waals surface area contributed by atoms with Crippen molar-refractivity contribution in [1.82, 2.24) is 14.9 Å². The molecule has 10 heteroatoms. The number of thiazole rings is 1. The number of benzene rings is 2. The lowest BCUT2D eigenvalue weighted by molar-refractivity contribution is -0.0368. The molecule has 0 radical (unpaired) electrons. The van der Waals surface area contributed by atoms with Gasteiger partial charge in [0.15, 0.2) is 5.13 Å². The summed E-state index contributed by atoms with van der Waals surface area (Å²) in [4.78, 5) is 25.6. The van der Waals surface area contributed by atoms with Crippen molar-refractivity contribution in [3.8, 4) is 33.5 Å². The summed E-state index contributed by atoms with van der Waals surface area (Å²) in [6.45, 7) is 9.22. The van der Waals surface area contributed by atoms with Gasteiger partial charge in [-0.15, -0.1) is 0 Å². The number of rotatable bonds is 8. The molecule has 2 aliphatic rings. The first-order valence-electron chi connectivity index (χ1n) is 14.6. The number of methoxy groups -OCH3 is 1. The van der Waals surface area contributed by atoms with Crippen LogP contribution in [0.5, 0.6) is 5.75 Å².